The van der Waals surface area contributed by atoms with Crippen molar-refractivity contribution in [1.29, 1.82) is 0 Å². The number of pyridine rings is 1. The Balaban J connectivity index is 0.00000117. The Hall–Kier alpha value is -2.44. The molecule has 2 aliphatic heterocycles. The smallest absolute Gasteiger partial charge is 0.330 e. The van der Waals surface area contributed by atoms with Gasteiger partial charge in [0.25, 0.3) is 0 Å². The van der Waals surface area contributed by atoms with Crippen molar-refractivity contribution in [3.63, 3.8) is 0 Å². The van der Waals surface area contributed by atoms with E-state index in [1.807, 2.05) is 53.7 Å². The molecule has 3 heterocycles. The van der Waals surface area contributed by atoms with Crippen LogP contribution in [0.25, 0.3) is 0 Å². The van der Waals surface area contributed by atoms with Crippen LogP contribution < -0.4 is 10.1 Å². The predicted molar refractivity (Wildman–Crippen MR) is 133 cm³/mol. The van der Waals surface area contributed by atoms with E-state index in [0.29, 0.717) is 37.7 Å². The quantitative estimate of drug-likeness (QED) is 0.423. The molecule has 35 heavy (non-hydrogen) atoms. The number of nitrogens with one attached hydrogen (secondary N) is 1. The summed E-state index contributed by atoms with van der Waals surface area (Å²) in [4.78, 5) is 32.4. The van der Waals surface area contributed by atoms with Crippen LogP contribution in [-0.4, -0.2) is 59.2 Å². The Morgan fingerprint density at radius 2 is 1.74 bits per heavy atom. The van der Waals surface area contributed by atoms with Gasteiger partial charge in [-0.15, -0.1) is 12.1 Å². The number of aromatic nitrogens is 1. The molecule has 2 saturated heterocycles. The maximum Gasteiger partial charge on any atom is 0.330 e. The first-order valence-corrected chi connectivity index (χ1v) is 12.1. The summed E-state index contributed by atoms with van der Waals surface area (Å²) in [6, 6.07) is 6.60. The molecule has 192 valence electrons. The van der Waals surface area contributed by atoms with Gasteiger partial charge in [0.05, 0.1) is 0 Å². The van der Waals surface area contributed by atoms with Gasteiger partial charge in [0.2, 0.25) is 0 Å². The maximum atomic E-state index is 12.8. The molecule has 2 aromatic rings. The summed E-state index contributed by atoms with van der Waals surface area (Å²) in [5.74, 6) is 1.36. The zero-order valence-electron chi connectivity index (χ0n) is 21.6. The van der Waals surface area contributed by atoms with Crippen LogP contribution in [0.15, 0.2) is 30.5 Å². The topological polar surface area (TPSA) is 84.0 Å². The molecule has 1 aromatic carbocycles. The van der Waals surface area contributed by atoms with Crippen LogP contribution in [0.3, 0.4) is 0 Å². The van der Waals surface area contributed by atoms with E-state index in [-0.39, 0.29) is 33.1 Å². The third kappa shape index (κ3) is 8.04. The van der Waals surface area contributed by atoms with Crippen LogP contribution in [0, 0.1) is 20.0 Å². The standard InChI is InChI=1S/C22H25N4O4.2C2H6.W/c1-15-13-17(14-16(2)20(15)30-19-3-7-23-8-4-19)24-21(27)26-10-9-25(22(26)28)18-5-11-29-12-6-18;2*1-2;/h3-4,7,13-14,18H,5-6,9-12H2,1-2H3,(H,24,27);2*1-2H3;/q-1;;;. The van der Waals surface area contributed by atoms with E-state index in [2.05, 4.69) is 16.5 Å². The fourth-order valence-electron chi connectivity index (χ4n) is 3.94. The molecule has 2 fully saturated rings. The summed E-state index contributed by atoms with van der Waals surface area (Å²) in [5, 5.41) is 2.85. The molecule has 4 rings (SSSR count). The van der Waals surface area contributed by atoms with Crippen molar-refractivity contribution >= 4 is 17.7 Å². The molecular formula is C26H37N4O4W-. The summed E-state index contributed by atoms with van der Waals surface area (Å²) in [5.41, 5.74) is 2.37. The molecule has 9 heteroatoms. The normalized spacial score (nSPS) is 15.2. The minimum absolute atomic E-state index is 0. The number of aryl methyl sites for hydroxylation is 2. The van der Waals surface area contributed by atoms with E-state index in [0.717, 1.165) is 29.7 Å². The second-order valence-electron chi connectivity index (χ2n) is 7.56. The van der Waals surface area contributed by atoms with Gasteiger partial charge in [-0.1, -0.05) is 40.1 Å². The number of ether oxygens (including phenoxy) is 2. The molecule has 1 N–H and O–H groups in total. The molecule has 0 spiro atoms. The molecule has 0 unspecified atom stereocenters. The van der Waals surface area contributed by atoms with Gasteiger partial charge in [-0.2, -0.15) is 0 Å². The predicted octanol–water partition coefficient (Wildman–Crippen LogP) is 5.79. The Labute approximate surface area is 223 Å². The fourth-order valence-corrected chi connectivity index (χ4v) is 3.94. The zero-order valence-corrected chi connectivity index (χ0v) is 24.5. The van der Waals surface area contributed by atoms with Crippen molar-refractivity contribution in [3.8, 4) is 11.5 Å². The number of nitrogens with zero attached hydrogens (tertiary/aromatic N) is 3. The van der Waals surface area contributed by atoms with E-state index < -0.39 is 6.03 Å². The maximum absolute atomic E-state index is 12.8. The largest absolute Gasteiger partial charge is 0.516 e. The van der Waals surface area contributed by atoms with Gasteiger partial charge >= 0.3 is 12.1 Å². The minimum atomic E-state index is -0.411. The molecule has 0 aliphatic carbocycles. The second-order valence-corrected chi connectivity index (χ2v) is 7.56. The van der Waals surface area contributed by atoms with Crippen LogP contribution in [-0.2, 0) is 25.8 Å². The number of carbonyl (C=O) groups excluding carboxylic acids is 2. The molecule has 2 aliphatic rings. The Morgan fingerprint density at radius 3 is 2.31 bits per heavy atom. The monoisotopic (exact) mass is 653 g/mol. The van der Waals surface area contributed by atoms with E-state index >= 15 is 0 Å². The van der Waals surface area contributed by atoms with Crippen LogP contribution in [0.5, 0.6) is 11.5 Å². The van der Waals surface area contributed by atoms with Crippen LogP contribution in [0.2, 0.25) is 0 Å². The number of hydrogen-bond donors (Lipinski definition) is 1. The summed E-state index contributed by atoms with van der Waals surface area (Å²) < 4.78 is 11.3. The van der Waals surface area contributed by atoms with Crippen LogP contribution in [0.1, 0.15) is 51.7 Å². The first-order valence-electron chi connectivity index (χ1n) is 12.1. The van der Waals surface area contributed by atoms with Gasteiger partial charge < -0.3 is 24.7 Å². The van der Waals surface area contributed by atoms with Gasteiger partial charge in [-0.25, -0.2) is 14.5 Å². The van der Waals surface area contributed by atoms with Gasteiger partial charge in [-0.05, 0) is 49.9 Å². The second kappa shape index (κ2) is 15.5. The molecule has 0 atom stereocenters. The average Bonchev–Trinajstić information content (AvgIpc) is 3.26. The number of carbonyl (C=O) groups is 2. The SMILES string of the molecule is CC.CC.Cc1cc(NC(=O)N2CCN(C3CCOCC3)C2=O)cc(C)c1Oc1c[c-]ncc1.[W]. The zero-order chi connectivity index (χ0) is 25.1. The van der Waals surface area contributed by atoms with Gasteiger partial charge in [-0.3, -0.25) is 0 Å². The Bertz CT molecular complexity index is 913. The number of imide groups is 1. The summed E-state index contributed by atoms with van der Waals surface area (Å²) in [6.07, 6.45) is 5.99. The van der Waals surface area contributed by atoms with Crippen molar-refractivity contribution in [2.75, 3.05) is 31.6 Å². The minimum Gasteiger partial charge on any atom is -0.516 e. The fraction of sp³-hybridized carbons (Fsp3) is 0.500. The van der Waals surface area contributed by atoms with E-state index in [1.54, 1.807) is 23.2 Å². The number of urea groups is 2. The van der Waals surface area contributed by atoms with E-state index in [9.17, 15) is 9.59 Å². The third-order valence-corrected chi connectivity index (χ3v) is 5.44. The number of rotatable bonds is 4. The molecule has 0 saturated carbocycles. The van der Waals surface area contributed by atoms with Crippen molar-refractivity contribution < 1.29 is 40.1 Å². The number of hydrogen-bond acceptors (Lipinski definition) is 5. The first-order chi connectivity index (χ1) is 16.5. The van der Waals surface area contributed by atoms with Crippen molar-refractivity contribution in [2.45, 2.75) is 60.4 Å². The van der Waals surface area contributed by atoms with E-state index in [4.69, 9.17) is 9.47 Å². The van der Waals surface area contributed by atoms with Gasteiger partial charge in [0.1, 0.15) is 5.75 Å². The van der Waals surface area contributed by atoms with Crippen molar-refractivity contribution in [2.24, 2.45) is 0 Å². The Morgan fingerprint density at radius 1 is 1.11 bits per heavy atom. The molecular weight excluding hydrogens is 616 g/mol. The average molecular weight is 653 g/mol. The van der Waals surface area contributed by atoms with Gasteiger partial charge in [0.15, 0.2) is 0 Å². The van der Waals surface area contributed by atoms with Crippen LogP contribution in [0.4, 0.5) is 15.3 Å². The van der Waals surface area contributed by atoms with Crippen molar-refractivity contribution in [3.05, 3.63) is 47.8 Å². The third-order valence-electron chi connectivity index (χ3n) is 5.44. The number of anilines is 1. The van der Waals surface area contributed by atoms with Crippen LogP contribution >= 0.6 is 0 Å². The van der Waals surface area contributed by atoms with Gasteiger partial charge in [0, 0.05) is 64.8 Å². The summed E-state index contributed by atoms with van der Waals surface area (Å²) in [6.45, 7) is 14.1. The number of benzene rings is 1. The Kier molecular flexibility index (Phi) is 13.6. The molecule has 1 aromatic heterocycles. The van der Waals surface area contributed by atoms with Crippen molar-refractivity contribution in [1.82, 2.24) is 14.8 Å². The molecule has 0 bridgehead atoms. The first kappa shape index (κ1) is 30.6. The summed E-state index contributed by atoms with van der Waals surface area (Å²) in [7, 11) is 0. The van der Waals surface area contributed by atoms with E-state index in [1.165, 1.54) is 4.90 Å². The molecule has 8 nitrogen and oxygen atoms in total. The molecule has 4 amide bonds. The summed E-state index contributed by atoms with van der Waals surface area (Å²) >= 11 is 0. The molecule has 0 radical (unpaired) electrons. The number of amides is 4.